The first kappa shape index (κ1) is 17.6. The number of methoxy groups -OCH3 is 1. The van der Waals surface area contributed by atoms with Gasteiger partial charge in [0.15, 0.2) is 0 Å². The lowest BCUT2D eigenvalue weighted by atomic mass is 10.1. The Morgan fingerprint density at radius 3 is 2.81 bits per heavy atom. The summed E-state index contributed by atoms with van der Waals surface area (Å²) in [6.07, 6.45) is 0.616. The van der Waals surface area contributed by atoms with Crippen molar-refractivity contribution in [3.63, 3.8) is 0 Å². The maximum atomic E-state index is 12.9. The van der Waals surface area contributed by atoms with Gasteiger partial charge in [-0.25, -0.2) is 4.39 Å². The highest BCUT2D eigenvalue weighted by Crippen LogP contribution is 2.21. The quantitative estimate of drug-likeness (QED) is 0.705. The lowest BCUT2D eigenvalue weighted by molar-refractivity contribution is -0.120. The van der Waals surface area contributed by atoms with Gasteiger partial charge in [0.1, 0.15) is 11.6 Å². The van der Waals surface area contributed by atoms with E-state index in [1.54, 1.807) is 19.2 Å². The molecule has 0 saturated heterocycles. The topological polar surface area (TPSA) is 77.3 Å². The van der Waals surface area contributed by atoms with Gasteiger partial charge in [-0.15, -0.1) is 0 Å². The van der Waals surface area contributed by atoms with E-state index in [2.05, 4.69) is 15.5 Å². The Bertz CT molecular complexity index is 878. The maximum Gasteiger partial charge on any atom is 0.228 e. The predicted molar refractivity (Wildman–Crippen MR) is 93.1 cm³/mol. The molecule has 134 valence electrons. The van der Waals surface area contributed by atoms with Crippen LogP contribution in [0.5, 0.6) is 5.75 Å². The van der Waals surface area contributed by atoms with Crippen LogP contribution >= 0.6 is 0 Å². The van der Waals surface area contributed by atoms with Crippen LogP contribution in [0.15, 0.2) is 53.1 Å². The molecule has 0 saturated carbocycles. The number of rotatable bonds is 7. The molecule has 1 aromatic heterocycles. The van der Waals surface area contributed by atoms with Crippen molar-refractivity contribution in [2.24, 2.45) is 0 Å². The first-order chi connectivity index (χ1) is 12.6. The lowest BCUT2D eigenvalue weighted by Gasteiger charge is -2.03. The van der Waals surface area contributed by atoms with Crippen molar-refractivity contribution < 1.29 is 18.4 Å². The fraction of sp³-hybridized carbons (Fsp3) is 0.211. The Kier molecular flexibility index (Phi) is 5.58. The first-order valence-electron chi connectivity index (χ1n) is 8.12. The summed E-state index contributed by atoms with van der Waals surface area (Å²) in [6.45, 7) is 0.375. The molecular weight excluding hydrogens is 337 g/mol. The van der Waals surface area contributed by atoms with Crippen molar-refractivity contribution in [2.75, 3.05) is 13.7 Å². The minimum Gasteiger partial charge on any atom is -0.497 e. The monoisotopic (exact) mass is 355 g/mol. The molecule has 1 heterocycles. The van der Waals surface area contributed by atoms with E-state index >= 15 is 0 Å². The molecule has 0 atom stereocenters. The van der Waals surface area contributed by atoms with Gasteiger partial charge in [-0.3, -0.25) is 4.79 Å². The Hall–Kier alpha value is -3.22. The van der Waals surface area contributed by atoms with Crippen LogP contribution in [0.25, 0.3) is 11.4 Å². The number of carbonyl (C=O) groups is 1. The molecule has 0 fully saturated rings. The van der Waals surface area contributed by atoms with E-state index in [1.165, 1.54) is 12.1 Å². The molecule has 0 aliphatic rings. The van der Waals surface area contributed by atoms with Crippen molar-refractivity contribution in [3.8, 4) is 17.1 Å². The van der Waals surface area contributed by atoms with Gasteiger partial charge in [-0.05, 0) is 29.8 Å². The van der Waals surface area contributed by atoms with Gasteiger partial charge in [0.25, 0.3) is 0 Å². The predicted octanol–water partition coefficient (Wildman–Crippen LogP) is 2.79. The van der Waals surface area contributed by atoms with E-state index in [-0.39, 0.29) is 18.1 Å². The van der Waals surface area contributed by atoms with Crippen molar-refractivity contribution in [2.45, 2.75) is 12.8 Å². The maximum absolute atomic E-state index is 12.9. The molecule has 1 amide bonds. The zero-order valence-corrected chi connectivity index (χ0v) is 14.2. The van der Waals surface area contributed by atoms with Gasteiger partial charge >= 0.3 is 0 Å². The standard InChI is InChI=1S/C19H18FN3O3/c1-25-16-4-2-3-14(12-16)19-22-18(26-23-19)9-10-21-17(24)11-13-5-7-15(20)8-6-13/h2-8,12H,9-11H2,1H3,(H,21,24). The third-order valence-electron chi connectivity index (χ3n) is 3.73. The molecule has 1 N–H and O–H groups in total. The van der Waals surface area contributed by atoms with Crippen molar-refractivity contribution in [1.29, 1.82) is 0 Å². The second kappa shape index (κ2) is 8.24. The number of amides is 1. The van der Waals surface area contributed by atoms with E-state index in [9.17, 15) is 9.18 Å². The zero-order valence-electron chi connectivity index (χ0n) is 14.2. The lowest BCUT2D eigenvalue weighted by Crippen LogP contribution is -2.27. The molecule has 0 bridgehead atoms. The molecule has 6 nitrogen and oxygen atoms in total. The van der Waals surface area contributed by atoms with Gasteiger partial charge in [0.05, 0.1) is 13.5 Å². The number of hydrogen-bond acceptors (Lipinski definition) is 5. The van der Waals surface area contributed by atoms with Crippen molar-refractivity contribution in [1.82, 2.24) is 15.5 Å². The highest BCUT2D eigenvalue weighted by atomic mass is 19.1. The summed E-state index contributed by atoms with van der Waals surface area (Å²) in [5.41, 5.74) is 1.54. The number of nitrogens with zero attached hydrogens (tertiary/aromatic N) is 2. The average Bonchev–Trinajstić information content (AvgIpc) is 3.13. The van der Waals surface area contributed by atoms with Crippen molar-refractivity contribution >= 4 is 5.91 Å². The molecule has 0 radical (unpaired) electrons. The molecule has 7 heteroatoms. The number of carbonyl (C=O) groups excluding carboxylic acids is 1. The SMILES string of the molecule is COc1cccc(-c2noc(CCNC(=O)Cc3ccc(F)cc3)n2)c1. The number of hydrogen-bond donors (Lipinski definition) is 1. The van der Waals surface area contributed by atoms with Crippen LogP contribution in [0.1, 0.15) is 11.5 Å². The summed E-state index contributed by atoms with van der Waals surface area (Å²) in [6, 6.07) is 13.2. The fourth-order valence-corrected chi connectivity index (χ4v) is 2.39. The van der Waals surface area contributed by atoms with Crippen LogP contribution in [-0.2, 0) is 17.6 Å². The summed E-state index contributed by atoms with van der Waals surface area (Å²) in [5, 5.41) is 6.73. The van der Waals surface area contributed by atoms with Crippen LogP contribution in [0, 0.1) is 5.82 Å². The van der Waals surface area contributed by atoms with E-state index in [1.807, 2.05) is 24.3 Å². The third kappa shape index (κ3) is 4.66. The molecule has 26 heavy (non-hydrogen) atoms. The summed E-state index contributed by atoms with van der Waals surface area (Å²) in [5.74, 6) is 1.14. The van der Waals surface area contributed by atoms with E-state index in [0.29, 0.717) is 30.4 Å². The Labute approximate surface area is 150 Å². The normalized spacial score (nSPS) is 10.5. The van der Waals surface area contributed by atoms with Crippen LogP contribution in [0.4, 0.5) is 4.39 Å². The third-order valence-corrected chi connectivity index (χ3v) is 3.73. The Balaban J connectivity index is 1.50. The Morgan fingerprint density at radius 2 is 2.04 bits per heavy atom. The molecule has 0 spiro atoms. The Morgan fingerprint density at radius 1 is 1.23 bits per heavy atom. The summed E-state index contributed by atoms with van der Waals surface area (Å²) < 4.78 is 23.2. The number of ether oxygens (including phenoxy) is 1. The highest BCUT2D eigenvalue weighted by molar-refractivity contribution is 5.78. The summed E-state index contributed by atoms with van der Waals surface area (Å²) in [7, 11) is 1.59. The largest absolute Gasteiger partial charge is 0.497 e. The molecule has 0 aliphatic carbocycles. The molecule has 0 aliphatic heterocycles. The molecular formula is C19H18FN3O3. The highest BCUT2D eigenvalue weighted by Gasteiger charge is 2.10. The second-order valence-corrected chi connectivity index (χ2v) is 5.65. The minimum absolute atomic E-state index is 0.149. The van der Waals surface area contributed by atoms with Gasteiger partial charge in [-0.1, -0.05) is 29.4 Å². The number of nitrogens with one attached hydrogen (secondary N) is 1. The van der Waals surface area contributed by atoms with Gasteiger partial charge in [0.2, 0.25) is 17.6 Å². The number of benzene rings is 2. The fourth-order valence-electron chi connectivity index (χ4n) is 2.39. The van der Waals surface area contributed by atoms with Crippen LogP contribution in [0.2, 0.25) is 0 Å². The second-order valence-electron chi connectivity index (χ2n) is 5.65. The summed E-state index contributed by atoms with van der Waals surface area (Å²) in [4.78, 5) is 16.2. The number of aromatic nitrogens is 2. The van der Waals surface area contributed by atoms with Gasteiger partial charge in [0, 0.05) is 18.5 Å². The van der Waals surface area contributed by atoms with Crippen LogP contribution < -0.4 is 10.1 Å². The van der Waals surface area contributed by atoms with Gasteiger partial charge in [-0.2, -0.15) is 4.98 Å². The zero-order chi connectivity index (χ0) is 18.4. The molecule has 3 aromatic rings. The van der Waals surface area contributed by atoms with E-state index in [4.69, 9.17) is 9.26 Å². The molecule has 2 aromatic carbocycles. The molecule has 0 unspecified atom stereocenters. The summed E-state index contributed by atoms with van der Waals surface area (Å²) >= 11 is 0. The van der Waals surface area contributed by atoms with Crippen LogP contribution in [-0.4, -0.2) is 29.7 Å². The molecule has 3 rings (SSSR count). The van der Waals surface area contributed by atoms with Crippen molar-refractivity contribution in [3.05, 3.63) is 65.8 Å². The number of halogens is 1. The van der Waals surface area contributed by atoms with E-state index < -0.39 is 0 Å². The van der Waals surface area contributed by atoms with Gasteiger partial charge < -0.3 is 14.6 Å². The average molecular weight is 355 g/mol. The van der Waals surface area contributed by atoms with Crippen LogP contribution in [0.3, 0.4) is 0 Å². The smallest absolute Gasteiger partial charge is 0.228 e. The first-order valence-corrected chi connectivity index (χ1v) is 8.12. The van der Waals surface area contributed by atoms with E-state index in [0.717, 1.165) is 11.1 Å². The minimum atomic E-state index is -0.322.